The van der Waals surface area contributed by atoms with Crippen LogP contribution in [0.15, 0.2) is 18.2 Å². The first-order valence-electron chi connectivity index (χ1n) is 7.64. The number of anilines is 1. The van der Waals surface area contributed by atoms with Crippen LogP contribution in [-0.2, 0) is 4.74 Å². The summed E-state index contributed by atoms with van der Waals surface area (Å²) in [6.07, 6.45) is 6.86. The Morgan fingerprint density at radius 1 is 1.25 bits per heavy atom. The van der Waals surface area contributed by atoms with Crippen molar-refractivity contribution in [1.29, 1.82) is 0 Å². The van der Waals surface area contributed by atoms with Crippen LogP contribution in [0.2, 0.25) is 0 Å². The molecule has 0 amide bonds. The second-order valence-corrected chi connectivity index (χ2v) is 6.15. The molecule has 3 nitrogen and oxygen atoms in total. The Bertz CT molecular complexity index is 506. The quantitative estimate of drug-likeness (QED) is 0.771. The number of nitrogens with zero attached hydrogens (tertiary/aromatic N) is 1. The molecule has 0 saturated heterocycles. The van der Waals surface area contributed by atoms with Crippen molar-refractivity contribution < 1.29 is 9.53 Å². The maximum absolute atomic E-state index is 11.7. The van der Waals surface area contributed by atoms with E-state index in [0.717, 1.165) is 12.5 Å². The van der Waals surface area contributed by atoms with Crippen LogP contribution in [0.1, 0.15) is 53.9 Å². The van der Waals surface area contributed by atoms with Gasteiger partial charge in [0.1, 0.15) is 0 Å². The number of likely N-dealkylation sites (N-methyl/N-ethyl adjacent to an activating group) is 1. The number of hydrogen-bond acceptors (Lipinski definition) is 3. The van der Waals surface area contributed by atoms with Gasteiger partial charge in [-0.05, 0) is 36.5 Å². The molecular weight excluding hydrogens is 250 g/mol. The fourth-order valence-electron chi connectivity index (χ4n) is 3.86. The third-order valence-electron chi connectivity index (χ3n) is 4.95. The molecule has 0 radical (unpaired) electrons. The van der Waals surface area contributed by atoms with Gasteiger partial charge in [0.25, 0.3) is 0 Å². The molecule has 1 fully saturated rings. The van der Waals surface area contributed by atoms with E-state index < -0.39 is 0 Å². The Morgan fingerprint density at radius 3 is 2.70 bits per heavy atom. The standard InChI is InChI=1S/C17H23NO2/c1-18-11-15(12-6-4-3-5-7-12)14-9-8-13(10-16(14)18)17(19)20-2/h8-10,12,15H,3-7,11H2,1-2H3. The Labute approximate surface area is 120 Å². The van der Waals surface area contributed by atoms with Crippen molar-refractivity contribution in [3.05, 3.63) is 29.3 Å². The maximum atomic E-state index is 11.7. The summed E-state index contributed by atoms with van der Waals surface area (Å²) in [7, 11) is 3.56. The highest BCUT2D eigenvalue weighted by Gasteiger charge is 2.33. The number of benzene rings is 1. The van der Waals surface area contributed by atoms with Gasteiger partial charge >= 0.3 is 5.97 Å². The number of hydrogen-bond donors (Lipinski definition) is 0. The summed E-state index contributed by atoms with van der Waals surface area (Å²) in [5.41, 5.74) is 3.29. The van der Waals surface area contributed by atoms with E-state index in [1.165, 1.54) is 50.5 Å². The Balaban J connectivity index is 1.89. The van der Waals surface area contributed by atoms with E-state index in [1.807, 2.05) is 12.1 Å². The third-order valence-corrected chi connectivity index (χ3v) is 4.95. The average Bonchev–Trinajstić information content (AvgIpc) is 2.84. The molecule has 0 bridgehead atoms. The average molecular weight is 273 g/mol. The first kappa shape index (κ1) is 13.5. The molecule has 1 atom stereocenters. The number of rotatable bonds is 2. The van der Waals surface area contributed by atoms with Crippen LogP contribution < -0.4 is 4.90 Å². The van der Waals surface area contributed by atoms with Crippen LogP contribution in [0.5, 0.6) is 0 Å². The SMILES string of the molecule is COC(=O)c1ccc2c(c1)N(C)CC2C1CCCCC1. The van der Waals surface area contributed by atoms with Gasteiger partial charge in [0.15, 0.2) is 0 Å². The van der Waals surface area contributed by atoms with Crippen LogP contribution in [0.25, 0.3) is 0 Å². The molecule has 1 aliphatic carbocycles. The van der Waals surface area contributed by atoms with Gasteiger partial charge in [0, 0.05) is 25.2 Å². The van der Waals surface area contributed by atoms with Crippen LogP contribution >= 0.6 is 0 Å². The minimum Gasteiger partial charge on any atom is -0.465 e. The van der Waals surface area contributed by atoms with Crippen molar-refractivity contribution in [2.75, 3.05) is 25.6 Å². The molecule has 1 heterocycles. The topological polar surface area (TPSA) is 29.5 Å². The molecule has 0 N–H and O–H groups in total. The van der Waals surface area contributed by atoms with E-state index in [-0.39, 0.29) is 5.97 Å². The molecule has 20 heavy (non-hydrogen) atoms. The smallest absolute Gasteiger partial charge is 0.337 e. The van der Waals surface area contributed by atoms with Crippen molar-refractivity contribution in [2.45, 2.75) is 38.0 Å². The number of fused-ring (bicyclic) bond motifs is 1. The Hall–Kier alpha value is -1.51. The number of esters is 1. The third kappa shape index (κ3) is 2.30. The van der Waals surface area contributed by atoms with E-state index >= 15 is 0 Å². The van der Waals surface area contributed by atoms with Crippen LogP contribution in [0.3, 0.4) is 0 Å². The molecule has 1 aliphatic heterocycles. The van der Waals surface area contributed by atoms with Crippen LogP contribution in [0.4, 0.5) is 5.69 Å². The molecule has 3 rings (SSSR count). The number of methoxy groups -OCH3 is 1. The van der Waals surface area contributed by atoms with Crippen molar-refractivity contribution >= 4 is 11.7 Å². The van der Waals surface area contributed by atoms with Gasteiger partial charge in [-0.25, -0.2) is 4.79 Å². The normalized spacial score (nSPS) is 22.7. The van der Waals surface area contributed by atoms with Crippen molar-refractivity contribution in [3.8, 4) is 0 Å². The van der Waals surface area contributed by atoms with Gasteiger partial charge in [-0.2, -0.15) is 0 Å². The highest BCUT2D eigenvalue weighted by molar-refractivity contribution is 5.91. The highest BCUT2D eigenvalue weighted by Crippen LogP contribution is 2.44. The zero-order valence-electron chi connectivity index (χ0n) is 12.4. The fourth-order valence-corrected chi connectivity index (χ4v) is 3.86. The molecular formula is C17H23NO2. The van der Waals surface area contributed by atoms with Crippen molar-refractivity contribution in [2.24, 2.45) is 5.92 Å². The number of carbonyl (C=O) groups excluding carboxylic acids is 1. The first-order valence-corrected chi connectivity index (χ1v) is 7.64. The lowest BCUT2D eigenvalue weighted by atomic mass is 9.77. The van der Waals surface area contributed by atoms with Gasteiger partial charge in [-0.3, -0.25) is 0 Å². The van der Waals surface area contributed by atoms with Crippen LogP contribution in [-0.4, -0.2) is 26.7 Å². The molecule has 0 spiro atoms. The summed E-state index contributed by atoms with van der Waals surface area (Å²) < 4.78 is 4.82. The van der Waals surface area contributed by atoms with Gasteiger partial charge in [0.2, 0.25) is 0 Å². The van der Waals surface area contributed by atoms with Gasteiger partial charge in [-0.1, -0.05) is 25.3 Å². The zero-order valence-corrected chi connectivity index (χ0v) is 12.4. The molecule has 3 heteroatoms. The summed E-state index contributed by atoms with van der Waals surface area (Å²) in [6, 6.07) is 6.05. The molecule has 1 saturated carbocycles. The first-order chi connectivity index (χ1) is 9.70. The Kier molecular flexibility index (Phi) is 3.68. The summed E-state index contributed by atoms with van der Waals surface area (Å²) in [6.45, 7) is 1.09. The largest absolute Gasteiger partial charge is 0.465 e. The summed E-state index contributed by atoms with van der Waals surface area (Å²) in [4.78, 5) is 14.0. The van der Waals surface area contributed by atoms with E-state index in [9.17, 15) is 4.79 Å². The second kappa shape index (κ2) is 5.47. The highest BCUT2D eigenvalue weighted by atomic mass is 16.5. The molecule has 1 aromatic rings. The number of carbonyl (C=O) groups is 1. The lowest BCUT2D eigenvalue weighted by molar-refractivity contribution is 0.0601. The van der Waals surface area contributed by atoms with Crippen molar-refractivity contribution in [3.63, 3.8) is 0 Å². The van der Waals surface area contributed by atoms with Gasteiger partial charge in [-0.15, -0.1) is 0 Å². The minimum atomic E-state index is -0.248. The molecule has 108 valence electrons. The lowest BCUT2D eigenvalue weighted by Gasteiger charge is -2.27. The summed E-state index contributed by atoms with van der Waals surface area (Å²) in [5, 5.41) is 0. The molecule has 2 aliphatic rings. The Morgan fingerprint density at radius 2 is 2.00 bits per heavy atom. The maximum Gasteiger partial charge on any atom is 0.337 e. The zero-order chi connectivity index (χ0) is 14.1. The second-order valence-electron chi connectivity index (χ2n) is 6.15. The van der Waals surface area contributed by atoms with Crippen LogP contribution in [0, 0.1) is 5.92 Å². The minimum absolute atomic E-state index is 0.248. The summed E-state index contributed by atoms with van der Waals surface area (Å²) in [5.74, 6) is 1.21. The van der Waals surface area contributed by atoms with E-state index in [4.69, 9.17) is 4.74 Å². The van der Waals surface area contributed by atoms with E-state index in [0.29, 0.717) is 11.5 Å². The predicted molar refractivity (Wildman–Crippen MR) is 80.4 cm³/mol. The van der Waals surface area contributed by atoms with Gasteiger partial charge < -0.3 is 9.64 Å². The molecule has 1 aromatic carbocycles. The van der Waals surface area contributed by atoms with E-state index in [1.54, 1.807) is 0 Å². The molecule has 1 unspecified atom stereocenters. The number of ether oxygens (including phenoxy) is 1. The fraction of sp³-hybridized carbons (Fsp3) is 0.588. The summed E-state index contributed by atoms with van der Waals surface area (Å²) >= 11 is 0. The van der Waals surface area contributed by atoms with Crippen molar-refractivity contribution in [1.82, 2.24) is 0 Å². The predicted octanol–water partition coefficient (Wildman–Crippen LogP) is 3.59. The lowest BCUT2D eigenvalue weighted by Crippen LogP contribution is -2.22. The van der Waals surface area contributed by atoms with E-state index in [2.05, 4.69) is 18.0 Å². The van der Waals surface area contributed by atoms with Gasteiger partial charge in [0.05, 0.1) is 12.7 Å². The monoisotopic (exact) mass is 273 g/mol. The molecule has 0 aromatic heterocycles.